The summed E-state index contributed by atoms with van der Waals surface area (Å²) in [6.07, 6.45) is -14.8. The lowest BCUT2D eigenvalue weighted by atomic mass is 9.97. The average Bonchev–Trinajstić information content (AvgIpc) is 2.80. The van der Waals surface area contributed by atoms with E-state index < -0.39 is 74.0 Å². The smallest absolute Gasteiger partial charge is 0.335 e. The lowest BCUT2D eigenvalue weighted by Gasteiger charge is -2.45. The Labute approximate surface area is 188 Å². The summed E-state index contributed by atoms with van der Waals surface area (Å²) < 4.78 is 27.4. The third-order valence-electron chi connectivity index (χ3n) is 5.58. The first-order valence-corrected chi connectivity index (χ1v) is 10.1. The van der Waals surface area contributed by atoms with Crippen LogP contribution < -0.4 is 9.47 Å². The van der Waals surface area contributed by atoms with Gasteiger partial charge in [-0.3, -0.25) is 0 Å². The van der Waals surface area contributed by atoms with Gasteiger partial charge < -0.3 is 59.4 Å². The maximum atomic E-state index is 11.2. The van der Waals surface area contributed by atoms with Crippen LogP contribution >= 0.6 is 0 Å². The van der Waals surface area contributed by atoms with Gasteiger partial charge in [0.1, 0.15) is 36.6 Å². The molecule has 13 nitrogen and oxygen atoms in total. The minimum atomic E-state index is -1.71. The van der Waals surface area contributed by atoms with Crippen molar-refractivity contribution in [2.75, 3.05) is 13.7 Å². The van der Waals surface area contributed by atoms with Gasteiger partial charge in [0.2, 0.25) is 6.29 Å². The fourth-order valence-corrected chi connectivity index (χ4v) is 3.60. The number of rotatable bonds is 7. The molecule has 0 aliphatic carbocycles. The molecule has 1 aromatic rings. The largest absolute Gasteiger partial charge is 0.493 e. The number of aliphatic hydroxyl groups excluding tert-OH is 6. The molecule has 13 heteroatoms. The minimum Gasteiger partial charge on any atom is -0.493 e. The Morgan fingerprint density at radius 2 is 1.64 bits per heavy atom. The summed E-state index contributed by atoms with van der Waals surface area (Å²) in [4.78, 5) is 11.2. The van der Waals surface area contributed by atoms with Crippen LogP contribution in [0, 0.1) is 0 Å². The van der Waals surface area contributed by atoms with Crippen molar-refractivity contribution in [2.45, 2.75) is 68.3 Å². The molecule has 0 radical (unpaired) electrons. The highest BCUT2D eigenvalue weighted by Crippen LogP contribution is 2.34. The van der Waals surface area contributed by atoms with Crippen molar-refractivity contribution < 1.29 is 64.2 Å². The second-order valence-electron chi connectivity index (χ2n) is 7.78. The van der Waals surface area contributed by atoms with Gasteiger partial charge in [-0.2, -0.15) is 0 Å². The summed E-state index contributed by atoms with van der Waals surface area (Å²) in [7, 11) is 1.28. The molecule has 3 rings (SSSR count). The predicted octanol–water partition coefficient (Wildman–Crippen LogP) is -2.58. The van der Waals surface area contributed by atoms with E-state index in [1.54, 1.807) is 0 Å². The van der Waals surface area contributed by atoms with Gasteiger partial charge in [0.05, 0.1) is 25.4 Å². The lowest BCUT2D eigenvalue weighted by Crippen LogP contribution is -2.64. The third kappa shape index (κ3) is 5.21. The second-order valence-corrected chi connectivity index (χ2v) is 7.78. The number of benzene rings is 1. The molecule has 2 saturated heterocycles. The molecule has 33 heavy (non-hydrogen) atoms. The predicted molar refractivity (Wildman–Crippen MR) is 106 cm³/mol. The summed E-state index contributed by atoms with van der Waals surface area (Å²) in [5, 5.41) is 69.7. The Kier molecular flexibility index (Phi) is 8.10. The van der Waals surface area contributed by atoms with Crippen LogP contribution in [0.2, 0.25) is 0 Å². The van der Waals surface area contributed by atoms with Crippen LogP contribution in [0.3, 0.4) is 0 Å². The molecular weight excluding hydrogens is 448 g/mol. The molecule has 7 N–H and O–H groups in total. The maximum Gasteiger partial charge on any atom is 0.335 e. The van der Waals surface area contributed by atoms with Crippen molar-refractivity contribution in [1.82, 2.24) is 0 Å². The van der Waals surface area contributed by atoms with Crippen molar-refractivity contribution in [3.05, 3.63) is 23.8 Å². The van der Waals surface area contributed by atoms with Crippen LogP contribution in [0.4, 0.5) is 0 Å². The van der Waals surface area contributed by atoms with E-state index >= 15 is 0 Å². The molecule has 2 aliphatic heterocycles. The van der Waals surface area contributed by atoms with E-state index in [9.17, 15) is 35.4 Å². The molecule has 2 aliphatic rings. The molecule has 2 heterocycles. The highest BCUT2D eigenvalue weighted by Gasteiger charge is 2.51. The molecule has 2 fully saturated rings. The van der Waals surface area contributed by atoms with Crippen molar-refractivity contribution in [2.24, 2.45) is 0 Å². The van der Waals surface area contributed by atoms with Crippen molar-refractivity contribution in [3.8, 4) is 11.5 Å². The van der Waals surface area contributed by atoms with Crippen LogP contribution in [-0.2, 0) is 14.2 Å². The number of hydrogen-bond donors (Lipinski definition) is 7. The van der Waals surface area contributed by atoms with Crippen molar-refractivity contribution in [1.29, 1.82) is 0 Å². The van der Waals surface area contributed by atoms with Crippen LogP contribution in [0.5, 0.6) is 11.5 Å². The van der Waals surface area contributed by atoms with Crippen LogP contribution in [0.15, 0.2) is 18.2 Å². The molecule has 0 saturated carbocycles. The summed E-state index contributed by atoms with van der Waals surface area (Å²) in [5.41, 5.74) is -0.0829. The molecule has 186 valence electrons. The molecule has 0 bridgehead atoms. The molecule has 10 unspecified atom stereocenters. The number of aliphatic hydroxyl groups is 6. The fourth-order valence-electron chi connectivity index (χ4n) is 3.60. The van der Waals surface area contributed by atoms with Gasteiger partial charge in [0.25, 0.3) is 0 Å². The number of hydrogen-bond acceptors (Lipinski definition) is 12. The number of carboxylic acid groups (broad SMARTS) is 1. The molecule has 0 spiro atoms. The number of carboxylic acids is 1. The van der Waals surface area contributed by atoms with Crippen molar-refractivity contribution >= 4 is 5.97 Å². The number of methoxy groups -OCH3 is 1. The van der Waals surface area contributed by atoms with E-state index in [-0.39, 0.29) is 17.1 Å². The Bertz CT molecular complexity index is 819. The Hall–Kier alpha value is -2.07. The summed E-state index contributed by atoms with van der Waals surface area (Å²) in [6.45, 7) is 0.758. The SMILES string of the molecule is COc1cc(C(=O)O)ccc1OC1OC(CO)C(O)C(O)C1OC1OC(C)C(O)C(O)C1O. The van der Waals surface area contributed by atoms with Gasteiger partial charge in [-0.1, -0.05) is 0 Å². The molecule has 0 aromatic heterocycles. The minimum absolute atomic E-state index is 0.00434. The average molecular weight is 476 g/mol. The van der Waals surface area contributed by atoms with E-state index in [4.69, 9.17) is 28.8 Å². The first-order valence-electron chi connectivity index (χ1n) is 10.1. The van der Waals surface area contributed by atoms with E-state index in [0.717, 1.165) is 0 Å². The van der Waals surface area contributed by atoms with E-state index in [2.05, 4.69) is 0 Å². The molecular formula is C20H28O13. The second kappa shape index (κ2) is 10.5. The maximum absolute atomic E-state index is 11.2. The van der Waals surface area contributed by atoms with Gasteiger partial charge in [-0.05, 0) is 25.1 Å². The molecule has 1 aromatic carbocycles. The number of ether oxygens (including phenoxy) is 5. The normalized spacial score (nSPS) is 39.2. The van der Waals surface area contributed by atoms with Gasteiger partial charge >= 0.3 is 5.97 Å². The van der Waals surface area contributed by atoms with Gasteiger partial charge in [-0.15, -0.1) is 0 Å². The summed E-state index contributed by atoms with van der Waals surface area (Å²) in [5.74, 6) is -1.19. The number of aromatic carboxylic acids is 1. The number of carbonyl (C=O) groups is 1. The van der Waals surface area contributed by atoms with Crippen LogP contribution in [0.25, 0.3) is 0 Å². The van der Waals surface area contributed by atoms with Gasteiger partial charge in [0.15, 0.2) is 23.9 Å². The standard InChI is InChI=1S/C20H28O13/c1-7-12(22)14(24)16(26)19(30-7)33-17-15(25)13(23)11(6-21)32-20(17)31-9-4-3-8(18(27)28)5-10(9)29-2/h3-5,7,11-17,19-26H,6H2,1-2H3,(H,27,28). The first kappa shape index (κ1) is 25.6. The summed E-state index contributed by atoms with van der Waals surface area (Å²) in [6, 6.07) is 3.71. The lowest BCUT2D eigenvalue weighted by molar-refractivity contribution is -0.354. The van der Waals surface area contributed by atoms with Crippen LogP contribution in [0.1, 0.15) is 17.3 Å². The van der Waals surface area contributed by atoms with E-state index in [1.165, 1.54) is 32.2 Å². The summed E-state index contributed by atoms with van der Waals surface area (Å²) >= 11 is 0. The van der Waals surface area contributed by atoms with Crippen molar-refractivity contribution in [3.63, 3.8) is 0 Å². The fraction of sp³-hybridized carbons (Fsp3) is 0.650. The highest BCUT2D eigenvalue weighted by atomic mass is 16.8. The zero-order valence-electron chi connectivity index (χ0n) is 17.8. The Balaban J connectivity index is 1.87. The third-order valence-corrected chi connectivity index (χ3v) is 5.58. The van der Waals surface area contributed by atoms with Gasteiger partial charge in [0, 0.05) is 0 Å². The zero-order chi connectivity index (χ0) is 24.4. The van der Waals surface area contributed by atoms with E-state index in [1.807, 2.05) is 0 Å². The molecule has 0 amide bonds. The van der Waals surface area contributed by atoms with Crippen LogP contribution in [-0.4, -0.2) is 117 Å². The Morgan fingerprint density at radius 1 is 0.939 bits per heavy atom. The van der Waals surface area contributed by atoms with Gasteiger partial charge in [-0.25, -0.2) is 4.79 Å². The Morgan fingerprint density at radius 3 is 2.24 bits per heavy atom. The zero-order valence-corrected chi connectivity index (χ0v) is 17.8. The topological polar surface area (TPSA) is 205 Å². The monoisotopic (exact) mass is 476 g/mol. The van der Waals surface area contributed by atoms with E-state index in [0.29, 0.717) is 0 Å². The molecule has 10 atom stereocenters. The first-order chi connectivity index (χ1) is 15.6. The quantitative estimate of drug-likeness (QED) is 0.216. The highest BCUT2D eigenvalue weighted by molar-refractivity contribution is 5.88.